The number of carbonyl (C=O) groups is 1. The van der Waals surface area contributed by atoms with E-state index in [1.54, 1.807) is 0 Å². The molecule has 0 heterocycles. The second-order valence-electron chi connectivity index (χ2n) is 5.66. The third-order valence-corrected chi connectivity index (χ3v) is 6.25. The number of Topliss-reactive ketones (excluding diaryl/α,β-unsaturated/α-hetero) is 1. The first-order valence-electron chi connectivity index (χ1n) is 8.59. The van der Waals surface area contributed by atoms with E-state index in [4.69, 9.17) is 0 Å². The van der Waals surface area contributed by atoms with Gasteiger partial charge in [-0.15, -0.1) is 0 Å². The van der Waals surface area contributed by atoms with Crippen molar-refractivity contribution in [2.45, 2.75) is 37.2 Å². The Bertz CT molecular complexity index is 544. The van der Waals surface area contributed by atoms with Gasteiger partial charge < -0.3 is 0 Å². The maximum atomic E-state index is 12.7. The molecule has 24 heavy (non-hydrogen) atoms. The van der Waals surface area contributed by atoms with Gasteiger partial charge in [-0.3, -0.25) is 4.79 Å². The summed E-state index contributed by atoms with van der Waals surface area (Å²) in [4.78, 5) is 12.7. The summed E-state index contributed by atoms with van der Waals surface area (Å²) in [6.45, 7) is 4.32. The van der Waals surface area contributed by atoms with Gasteiger partial charge in [0.1, 0.15) is 5.78 Å². The number of thioether (sulfide) groups is 2. The lowest BCUT2D eigenvalue weighted by atomic mass is 10.0. The van der Waals surface area contributed by atoms with Gasteiger partial charge in [-0.1, -0.05) is 74.5 Å². The van der Waals surface area contributed by atoms with Gasteiger partial charge in [0, 0.05) is 23.3 Å². The molecular formula is C21H26OS2. The van der Waals surface area contributed by atoms with Gasteiger partial charge in [-0.25, -0.2) is 0 Å². The third-order valence-electron chi connectivity index (χ3n) is 3.90. The molecule has 0 saturated carbocycles. The fraction of sp³-hybridized carbons (Fsp3) is 0.381. The van der Waals surface area contributed by atoms with Gasteiger partial charge in [0.15, 0.2) is 0 Å². The summed E-state index contributed by atoms with van der Waals surface area (Å²) in [5.74, 6) is 2.41. The minimum atomic E-state index is 0.270. The van der Waals surface area contributed by atoms with Crippen LogP contribution in [0.25, 0.3) is 0 Å². The van der Waals surface area contributed by atoms with E-state index < -0.39 is 0 Å². The summed E-state index contributed by atoms with van der Waals surface area (Å²) < 4.78 is 0. The quantitative estimate of drug-likeness (QED) is 0.494. The van der Waals surface area contributed by atoms with Crippen molar-refractivity contribution in [3.05, 3.63) is 71.8 Å². The Hall–Kier alpha value is -1.19. The van der Waals surface area contributed by atoms with E-state index in [0.29, 0.717) is 18.6 Å². The standard InChI is InChI=1S/C21H26OS2/c1-3-23-20(17-11-7-5-8-12-17)15-19(22)16-21(24-4-2)18-13-9-6-10-14-18/h5-14,20-21H,3-4,15-16H2,1-2H3. The summed E-state index contributed by atoms with van der Waals surface area (Å²) >= 11 is 3.73. The first-order chi connectivity index (χ1) is 11.7. The van der Waals surface area contributed by atoms with E-state index in [2.05, 4.69) is 62.4 Å². The molecule has 2 unspecified atom stereocenters. The molecule has 3 heteroatoms. The predicted octanol–water partition coefficient (Wildman–Crippen LogP) is 6.32. The number of hydrogen-bond donors (Lipinski definition) is 0. The molecule has 0 radical (unpaired) electrons. The Labute approximate surface area is 154 Å². The Morgan fingerprint density at radius 1 is 0.750 bits per heavy atom. The lowest BCUT2D eigenvalue weighted by Gasteiger charge is -2.19. The van der Waals surface area contributed by atoms with Crippen molar-refractivity contribution in [3.8, 4) is 0 Å². The Balaban J connectivity index is 2.03. The molecule has 2 rings (SSSR count). The molecule has 0 amide bonds. The van der Waals surface area contributed by atoms with Crippen molar-refractivity contribution in [2.24, 2.45) is 0 Å². The van der Waals surface area contributed by atoms with Gasteiger partial charge in [-0.2, -0.15) is 23.5 Å². The van der Waals surface area contributed by atoms with Crippen molar-refractivity contribution < 1.29 is 4.79 Å². The highest BCUT2D eigenvalue weighted by atomic mass is 32.2. The highest BCUT2D eigenvalue weighted by Gasteiger charge is 2.20. The number of ketones is 1. The summed E-state index contributed by atoms with van der Waals surface area (Å²) in [5, 5.41) is 0.540. The highest BCUT2D eigenvalue weighted by molar-refractivity contribution is 7.99. The summed E-state index contributed by atoms with van der Waals surface area (Å²) in [5.41, 5.74) is 2.52. The molecule has 0 spiro atoms. The van der Waals surface area contributed by atoms with Crippen LogP contribution in [-0.2, 0) is 4.79 Å². The molecule has 1 nitrogen and oxygen atoms in total. The average molecular weight is 359 g/mol. The Kier molecular flexibility index (Phi) is 8.48. The summed E-state index contributed by atoms with van der Waals surface area (Å²) in [6, 6.07) is 20.8. The fourth-order valence-corrected chi connectivity index (χ4v) is 4.89. The van der Waals surface area contributed by atoms with Crippen molar-refractivity contribution in [2.75, 3.05) is 11.5 Å². The van der Waals surface area contributed by atoms with E-state index >= 15 is 0 Å². The molecule has 0 fully saturated rings. The number of hydrogen-bond acceptors (Lipinski definition) is 3. The lowest BCUT2D eigenvalue weighted by molar-refractivity contribution is -0.119. The van der Waals surface area contributed by atoms with Crippen LogP contribution in [0.15, 0.2) is 60.7 Å². The average Bonchev–Trinajstić information content (AvgIpc) is 2.62. The van der Waals surface area contributed by atoms with Crippen molar-refractivity contribution in [3.63, 3.8) is 0 Å². The minimum Gasteiger partial charge on any atom is -0.300 e. The molecule has 0 aliphatic heterocycles. The zero-order chi connectivity index (χ0) is 17.2. The van der Waals surface area contributed by atoms with E-state index in [1.165, 1.54) is 11.1 Å². The van der Waals surface area contributed by atoms with Crippen molar-refractivity contribution in [1.82, 2.24) is 0 Å². The summed E-state index contributed by atoms with van der Waals surface area (Å²) in [7, 11) is 0. The molecule has 128 valence electrons. The van der Waals surface area contributed by atoms with E-state index in [-0.39, 0.29) is 10.5 Å². The van der Waals surface area contributed by atoms with E-state index in [9.17, 15) is 4.79 Å². The van der Waals surface area contributed by atoms with Crippen LogP contribution in [0.5, 0.6) is 0 Å². The van der Waals surface area contributed by atoms with Crippen LogP contribution in [-0.4, -0.2) is 17.3 Å². The minimum absolute atomic E-state index is 0.270. The van der Waals surface area contributed by atoms with Crippen LogP contribution >= 0.6 is 23.5 Å². The van der Waals surface area contributed by atoms with Crippen LogP contribution in [0.1, 0.15) is 48.3 Å². The van der Waals surface area contributed by atoms with Crippen LogP contribution in [0, 0.1) is 0 Å². The number of carbonyl (C=O) groups excluding carboxylic acids is 1. The third kappa shape index (κ3) is 6.03. The van der Waals surface area contributed by atoms with Crippen LogP contribution in [0.3, 0.4) is 0 Å². The largest absolute Gasteiger partial charge is 0.300 e. The zero-order valence-corrected chi connectivity index (χ0v) is 16.1. The summed E-state index contributed by atoms with van der Waals surface area (Å²) in [6.07, 6.45) is 1.24. The monoisotopic (exact) mass is 358 g/mol. The molecule has 2 aromatic carbocycles. The smallest absolute Gasteiger partial charge is 0.135 e. The van der Waals surface area contributed by atoms with Crippen molar-refractivity contribution >= 4 is 29.3 Å². The van der Waals surface area contributed by atoms with E-state index in [1.807, 2.05) is 35.7 Å². The number of benzene rings is 2. The first kappa shape index (κ1) is 19.1. The van der Waals surface area contributed by atoms with Gasteiger partial charge in [0.05, 0.1) is 0 Å². The fourth-order valence-electron chi connectivity index (χ4n) is 2.78. The second-order valence-corrected chi connectivity index (χ2v) is 8.62. The molecule has 0 aromatic heterocycles. The zero-order valence-electron chi connectivity index (χ0n) is 14.5. The molecule has 2 aromatic rings. The lowest BCUT2D eigenvalue weighted by Crippen LogP contribution is -2.09. The normalized spacial score (nSPS) is 13.4. The second kappa shape index (κ2) is 10.6. The molecule has 0 aliphatic carbocycles. The number of rotatable bonds is 10. The molecule has 2 atom stereocenters. The van der Waals surface area contributed by atoms with Gasteiger partial charge in [0.2, 0.25) is 0 Å². The maximum absolute atomic E-state index is 12.7. The molecule has 0 N–H and O–H groups in total. The molecule has 0 saturated heterocycles. The Morgan fingerprint density at radius 2 is 1.12 bits per heavy atom. The van der Waals surface area contributed by atoms with Gasteiger partial charge in [0.25, 0.3) is 0 Å². The Morgan fingerprint density at radius 3 is 1.46 bits per heavy atom. The van der Waals surface area contributed by atoms with Gasteiger partial charge in [-0.05, 0) is 22.6 Å². The first-order valence-corrected chi connectivity index (χ1v) is 10.7. The van der Waals surface area contributed by atoms with Crippen molar-refractivity contribution in [1.29, 1.82) is 0 Å². The van der Waals surface area contributed by atoms with Crippen LogP contribution < -0.4 is 0 Å². The maximum Gasteiger partial charge on any atom is 0.135 e. The van der Waals surface area contributed by atoms with Crippen LogP contribution in [0.2, 0.25) is 0 Å². The SMILES string of the molecule is CCSC(CC(=O)CC(SCC)c1ccccc1)c1ccccc1. The topological polar surface area (TPSA) is 17.1 Å². The highest BCUT2D eigenvalue weighted by Crippen LogP contribution is 2.36. The van der Waals surface area contributed by atoms with Gasteiger partial charge >= 0.3 is 0 Å². The predicted molar refractivity (Wildman–Crippen MR) is 109 cm³/mol. The van der Waals surface area contributed by atoms with Crippen LogP contribution in [0.4, 0.5) is 0 Å². The molecule has 0 bridgehead atoms. The van der Waals surface area contributed by atoms with E-state index in [0.717, 1.165) is 11.5 Å². The molecule has 0 aliphatic rings. The molecular weight excluding hydrogens is 332 g/mol.